The van der Waals surface area contributed by atoms with E-state index in [1.54, 1.807) is 0 Å². The van der Waals surface area contributed by atoms with Crippen LogP contribution >= 0.6 is 0 Å². The van der Waals surface area contributed by atoms with Crippen molar-refractivity contribution < 1.29 is 13.2 Å². The summed E-state index contributed by atoms with van der Waals surface area (Å²) in [6.07, 6.45) is -4.30. The van der Waals surface area contributed by atoms with Crippen LogP contribution in [0.2, 0.25) is 0 Å². The van der Waals surface area contributed by atoms with Crippen molar-refractivity contribution in [2.75, 3.05) is 6.54 Å². The second kappa shape index (κ2) is 4.36. The predicted octanol–water partition coefficient (Wildman–Crippen LogP) is 0.345. The fourth-order valence-corrected chi connectivity index (χ4v) is 0.879. The Labute approximate surface area is 78.3 Å². The van der Waals surface area contributed by atoms with Gasteiger partial charge in [-0.3, -0.25) is 0 Å². The smallest absolute Gasteiger partial charge is 0.310 e. The van der Waals surface area contributed by atoms with E-state index in [1.165, 1.54) is 0 Å². The Morgan fingerprint density at radius 3 is 2.71 bits per heavy atom. The van der Waals surface area contributed by atoms with Crippen molar-refractivity contribution in [2.24, 2.45) is 0 Å². The summed E-state index contributed by atoms with van der Waals surface area (Å²) in [7, 11) is 0. The van der Waals surface area contributed by atoms with Crippen LogP contribution in [0, 0.1) is 0 Å². The van der Waals surface area contributed by atoms with Gasteiger partial charge in [0.2, 0.25) is 0 Å². The maximum Gasteiger partial charge on any atom is 0.408 e. The number of hydrogen-bond donors (Lipinski definition) is 1. The Morgan fingerprint density at radius 2 is 2.14 bits per heavy atom. The average molecular weight is 209 g/mol. The molecular formula is C6H10F3N5. The quantitative estimate of drug-likeness (QED) is 0.777. The van der Waals surface area contributed by atoms with Crippen LogP contribution in [-0.2, 0) is 13.1 Å². The molecule has 0 saturated carbocycles. The van der Waals surface area contributed by atoms with Crippen molar-refractivity contribution in [3.63, 3.8) is 0 Å². The van der Waals surface area contributed by atoms with Gasteiger partial charge in [-0.1, -0.05) is 6.92 Å². The van der Waals surface area contributed by atoms with Crippen molar-refractivity contribution in [3.8, 4) is 0 Å². The minimum absolute atomic E-state index is 0.184. The molecule has 5 nitrogen and oxygen atoms in total. The molecule has 1 heterocycles. The highest BCUT2D eigenvalue weighted by molar-refractivity contribution is 4.80. The molecule has 1 aromatic heterocycles. The van der Waals surface area contributed by atoms with E-state index in [-0.39, 0.29) is 12.4 Å². The van der Waals surface area contributed by atoms with E-state index in [9.17, 15) is 13.2 Å². The summed E-state index contributed by atoms with van der Waals surface area (Å²) >= 11 is 0. The van der Waals surface area contributed by atoms with Crippen LogP contribution in [0.1, 0.15) is 12.7 Å². The number of nitrogens with zero attached hydrogens (tertiary/aromatic N) is 4. The Morgan fingerprint density at radius 1 is 1.43 bits per heavy atom. The Kier molecular flexibility index (Phi) is 3.39. The van der Waals surface area contributed by atoms with Gasteiger partial charge in [0, 0.05) is 0 Å². The van der Waals surface area contributed by atoms with Gasteiger partial charge in [0.15, 0.2) is 5.82 Å². The van der Waals surface area contributed by atoms with E-state index in [0.717, 1.165) is 4.68 Å². The molecule has 0 saturated heterocycles. The minimum atomic E-state index is -4.30. The van der Waals surface area contributed by atoms with Crippen LogP contribution in [0.25, 0.3) is 0 Å². The highest BCUT2D eigenvalue weighted by Gasteiger charge is 2.29. The zero-order valence-electron chi connectivity index (χ0n) is 7.54. The lowest BCUT2D eigenvalue weighted by Gasteiger charge is -2.07. The topological polar surface area (TPSA) is 55.6 Å². The molecule has 0 fully saturated rings. The van der Waals surface area contributed by atoms with E-state index < -0.39 is 12.7 Å². The highest BCUT2D eigenvalue weighted by atomic mass is 19.4. The van der Waals surface area contributed by atoms with E-state index >= 15 is 0 Å². The van der Waals surface area contributed by atoms with Crippen molar-refractivity contribution >= 4 is 0 Å². The third-order valence-corrected chi connectivity index (χ3v) is 1.47. The van der Waals surface area contributed by atoms with E-state index in [1.807, 2.05) is 6.92 Å². The monoisotopic (exact) mass is 209 g/mol. The zero-order chi connectivity index (χ0) is 10.6. The summed E-state index contributed by atoms with van der Waals surface area (Å²) in [4.78, 5) is 0. The number of tetrazole rings is 1. The van der Waals surface area contributed by atoms with Crippen molar-refractivity contribution in [1.29, 1.82) is 0 Å². The van der Waals surface area contributed by atoms with Gasteiger partial charge < -0.3 is 5.32 Å². The lowest BCUT2D eigenvalue weighted by molar-refractivity contribution is -0.143. The fourth-order valence-electron chi connectivity index (χ4n) is 0.879. The summed E-state index contributed by atoms with van der Waals surface area (Å²) in [6.45, 7) is 1.58. The number of halogens is 3. The molecule has 1 rings (SSSR count). The van der Waals surface area contributed by atoms with Gasteiger partial charge in [-0.05, 0) is 17.0 Å². The molecule has 0 radical (unpaired) electrons. The molecule has 0 spiro atoms. The maximum absolute atomic E-state index is 12.0. The van der Waals surface area contributed by atoms with Gasteiger partial charge in [0.1, 0.15) is 6.54 Å². The molecule has 0 bridgehead atoms. The predicted molar refractivity (Wildman–Crippen MR) is 41.3 cm³/mol. The average Bonchev–Trinajstić information content (AvgIpc) is 2.45. The number of rotatable bonds is 4. The van der Waals surface area contributed by atoms with E-state index in [0.29, 0.717) is 6.54 Å². The maximum atomic E-state index is 12.0. The van der Waals surface area contributed by atoms with Gasteiger partial charge in [0.25, 0.3) is 0 Å². The summed E-state index contributed by atoms with van der Waals surface area (Å²) < 4.78 is 36.7. The fraction of sp³-hybridized carbons (Fsp3) is 0.833. The molecule has 1 aromatic rings. The van der Waals surface area contributed by atoms with Crippen LogP contribution in [0.5, 0.6) is 0 Å². The molecule has 80 valence electrons. The summed E-state index contributed by atoms with van der Waals surface area (Å²) in [6, 6.07) is 0. The molecular weight excluding hydrogens is 199 g/mol. The lowest BCUT2D eigenvalue weighted by atomic mass is 10.5. The van der Waals surface area contributed by atoms with Crippen LogP contribution < -0.4 is 5.32 Å². The number of hydrogen-bond acceptors (Lipinski definition) is 4. The molecule has 0 aliphatic rings. The largest absolute Gasteiger partial charge is 0.408 e. The van der Waals surface area contributed by atoms with Crippen molar-refractivity contribution in [1.82, 2.24) is 25.5 Å². The Balaban J connectivity index is 2.63. The molecule has 0 unspecified atom stereocenters. The number of aromatic nitrogens is 4. The first-order chi connectivity index (χ1) is 6.53. The molecule has 14 heavy (non-hydrogen) atoms. The third-order valence-electron chi connectivity index (χ3n) is 1.47. The molecule has 1 N–H and O–H groups in total. The van der Waals surface area contributed by atoms with Crippen LogP contribution in [0.15, 0.2) is 0 Å². The first-order valence-corrected chi connectivity index (χ1v) is 4.05. The van der Waals surface area contributed by atoms with Crippen molar-refractivity contribution in [3.05, 3.63) is 5.82 Å². The first kappa shape index (κ1) is 10.9. The SMILES string of the molecule is CCNCc1nnnn1CC(F)(F)F. The van der Waals surface area contributed by atoms with Crippen molar-refractivity contribution in [2.45, 2.75) is 26.2 Å². The second-order valence-corrected chi connectivity index (χ2v) is 2.65. The molecule has 0 aromatic carbocycles. The second-order valence-electron chi connectivity index (χ2n) is 2.65. The molecule has 8 heteroatoms. The Bertz CT molecular complexity index is 281. The summed E-state index contributed by atoms with van der Waals surface area (Å²) in [5.74, 6) is 0.184. The third kappa shape index (κ3) is 3.29. The molecule has 0 amide bonds. The van der Waals surface area contributed by atoms with Crippen LogP contribution in [0.4, 0.5) is 13.2 Å². The zero-order valence-corrected chi connectivity index (χ0v) is 7.54. The van der Waals surface area contributed by atoms with Gasteiger partial charge in [0.05, 0.1) is 6.54 Å². The number of nitrogens with one attached hydrogen (secondary N) is 1. The summed E-state index contributed by atoms with van der Waals surface area (Å²) in [5, 5.41) is 12.8. The van der Waals surface area contributed by atoms with E-state index in [2.05, 4.69) is 20.8 Å². The Hall–Kier alpha value is -1.18. The van der Waals surface area contributed by atoms with Gasteiger partial charge in [-0.25, -0.2) is 4.68 Å². The van der Waals surface area contributed by atoms with Crippen LogP contribution in [-0.4, -0.2) is 32.9 Å². The minimum Gasteiger partial charge on any atom is -0.310 e. The summed E-state index contributed by atoms with van der Waals surface area (Å²) in [5.41, 5.74) is 0. The lowest BCUT2D eigenvalue weighted by Crippen LogP contribution is -2.23. The van der Waals surface area contributed by atoms with Gasteiger partial charge in [-0.15, -0.1) is 5.10 Å². The van der Waals surface area contributed by atoms with Crippen LogP contribution in [0.3, 0.4) is 0 Å². The van der Waals surface area contributed by atoms with Gasteiger partial charge in [-0.2, -0.15) is 13.2 Å². The highest BCUT2D eigenvalue weighted by Crippen LogP contribution is 2.16. The standard InChI is InChI=1S/C6H10F3N5/c1-2-10-3-5-11-12-13-14(5)4-6(7,8)9/h10H,2-4H2,1H3. The molecule has 0 aliphatic heterocycles. The van der Waals surface area contributed by atoms with Gasteiger partial charge >= 0.3 is 6.18 Å². The molecule has 0 aliphatic carbocycles. The normalized spacial score (nSPS) is 12.0. The first-order valence-electron chi connectivity index (χ1n) is 4.05. The number of alkyl halides is 3. The molecule has 0 atom stereocenters. The van der Waals surface area contributed by atoms with E-state index in [4.69, 9.17) is 0 Å².